The maximum absolute atomic E-state index is 12.4. The predicted octanol–water partition coefficient (Wildman–Crippen LogP) is 2.70. The summed E-state index contributed by atoms with van der Waals surface area (Å²) in [4.78, 5) is 14.9. The summed E-state index contributed by atoms with van der Waals surface area (Å²) in [6, 6.07) is 0.720. The zero-order chi connectivity index (χ0) is 16.5. The SMILES string of the molecule is O=C(CC1CC2CCC1C2)NC1CCN(C2CCCCC2O)CC1. The van der Waals surface area contributed by atoms with Crippen molar-refractivity contribution in [3.8, 4) is 0 Å². The Morgan fingerprint density at radius 3 is 2.46 bits per heavy atom. The molecule has 1 heterocycles. The minimum absolute atomic E-state index is 0.136. The minimum atomic E-state index is -0.136. The molecule has 0 spiro atoms. The van der Waals surface area contributed by atoms with Crippen LogP contribution in [0.5, 0.6) is 0 Å². The maximum atomic E-state index is 12.4. The molecule has 4 fully saturated rings. The van der Waals surface area contributed by atoms with E-state index in [1.165, 1.54) is 38.5 Å². The molecular formula is C20H34N2O2. The number of likely N-dealkylation sites (tertiary alicyclic amines) is 1. The zero-order valence-corrected chi connectivity index (χ0v) is 15.0. The van der Waals surface area contributed by atoms with Crippen molar-refractivity contribution in [1.82, 2.24) is 10.2 Å². The molecule has 0 radical (unpaired) electrons. The molecule has 2 N–H and O–H groups in total. The topological polar surface area (TPSA) is 52.6 Å². The van der Waals surface area contributed by atoms with Crippen molar-refractivity contribution < 1.29 is 9.90 Å². The number of amides is 1. The molecule has 0 aromatic carbocycles. The number of carbonyl (C=O) groups is 1. The number of fused-ring (bicyclic) bond motifs is 2. The summed E-state index contributed by atoms with van der Waals surface area (Å²) < 4.78 is 0. The number of carbonyl (C=O) groups excluding carboxylic acids is 1. The van der Waals surface area contributed by atoms with E-state index in [1.54, 1.807) is 0 Å². The Kier molecular flexibility index (Phi) is 5.14. The van der Waals surface area contributed by atoms with Crippen LogP contribution < -0.4 is 5.32 Å². The number of aliphatic hydroxyl groups is 1. The molecule has 136 valence electrons. The summed E-state index contributed by atoms with van der Waals surface area (Å²) in [7, 11) is 0. The molecule has 1 saturated heterocycles. The Bertz CT molecular complexity index is 447. The van der Waals surface area contributed by atoms with Gasteiger partial charge in [0.25, 0.3) is 0 Å². The van der Waals surface area contributed by atoms with Gasteiger partial charge >= 0.3 is 0 Å². The third kappa shape index (κ3) is 3.65. The fraction of sp³-hybridized carbons (Fsp3) is 0.950. The van der Waals surface area contributed by atoms with Gasteiger partial charge in [-0.2, -0.15) is 0 Å². The fourth-order valence-corrected chi connectivity index (χ4v) is 6.04. The molecule has 0 aromatic heterocycles. The second-order valence-electron chi connectivity index (χ2n) is 8.94. The number of piperidine rings is 1. The first-order chi connectivity index (χ1) is 11.7. The summed E-state index contributed by atoms with van der Waals surface area (Å²) in [6.45, 7) is 2.06. The lowest BCUT2D eigenvalue weighted by atomic mass is 9.86. The highest BCUT2D eigenvalue weighted by molar-refractivity contribution is 5.76. The largest absolute Gasteiger partial charge is 0.391 e. The van der Waals surface area contributed by atoms with Gasteiger partial charge in [0.1, 0.15) is 0 Å². The molecule has 0 aromatic rings. The van der Waals surface area contributed by atoms with Gasteiger partial charge in [0.05, 0.1) is 6.10 Å². The molecule has 4 nitrogen and oxygen atoms in total. The van der Waals surface area contributed by atoms with Crippen molar-refractivity contribution in [3.05, 3.63) is 0 Å². The van der Waals surface area contributed by atoms with Crippen molar-refractivity contribution in [3.63, 3.8) is 0 Å². The lowest BCUT2D eigenvalue weighted by molar-refractivity contribution is -0.123. The third-order valence-electron chi connectivity index (χ3n) is 7.39. The fourth-order valence-electron chi connectivity index (χ4n) is 6.04. The maximum Gasteiger partial charge on any atom is 0.220 e. The number of rotatable bonds is 4. The van der Waals surface area contributed by atoms with E-state index < -0.39 is 0 Å². The van der Waals surface area contributed by atoms with Gasteiger partial charge < -0.3 is 10.4 Å². The summed E-state index contributed by atoms with van der Waals surface area (Å²) in [5, 5.41) is 13.5. The van der Waals surface area contributed by atoms with Crippen LogP contribution in [-0.4, -0.2) is 47.2 Å². The van der Waals surface area contributed by atoms with Gasteiger partial charge in [-0.1, -0.05) is 19.3 Å². The molecule has 4 rings (SSSR count). The molecule has 5 unspecified atom stereocenters. The van der Waals surface area contributed by atoms with Crippen LogP contribution in [0, 0.1) is 17.8 Å². The molecule has 5 atom stereocenters. The summed E-state index contributed by atoms with van der Waals surface area (Å²) >= 11 is 0. The van der Waals surface area contributed by atoms with Gasteiger partial charge in [-0.25, -0.2) is 0 Å². The highest BCUT2D eigenvalue weighted by Gasteiger charge is 2.40. The molecule has 1 aliphatic heterocycles. The van der Waals surface area contributed by atoms with E-state index in [0.717, 1.165) is 57.0 Å². The molecule has 3 aliphatic carbocycles. The van der Waals surface area contributed by atoms with E-state index >= 15 is 0 Å². The summed E-state index contributed by atoms with van der Waals surface area (Å²) in [6.07, 6.45) is 12.7. The second kappa shape index (κ2) is 7.33. The van der Waals surface area contributed by atoms with Crippen LogP contribution in [0.25, 0.3) is 0 Å². The van der Waals surface area contributed by atoms with Crippen LogP contribution in [0.15, 0.2) is 0 Å². The Hall–Kier alpha value is -0.610. The number of nitrogens with zero attached hydrogens (tertiary/aromatic N) is 1. The van der Waals surface area contributed by atoms with Crippen LogP contribution in [0.1, 0.15) is 70.6 Å². The van der Waals surface area contributed by atoms with Crippen LogP contribution in [0.2, 0.25) is 0 Å². The average Bonchev–Trinajstić information content (AvgIpc) is 3.19. The van der Waals surface area contributed by atoms with E-state index in [0.29, 0.717) is 23.9 Å². The predicted molar refractivity (Wildman–Crippen MR) is 94.6 cm³/mol. The summed E-state index contributed by atoms with van der Waals surface area (Å²) in [5.74, 6) is 2.73. The lowest BCUT2D eigenvalue weighted by Gasteiger charge is -2.41. The highest BCUT2D eigenvalue weighted by Crippen LogP contribution is 2.49. The van der Waals surface area contributed by atoms with E-state index in [1.807, 2.05) is 0 Å². The number of hydrogen-bond acceptors (Lipinski definition) is 3. The lowest BCUT2D eigenvalue weighted by Crippen LogP contribution is -2.52. The summed E-state index contributed by atoms with van der Waals surface area (Å²) in [5.41, 5.74) is 0. The van der Waals surface area contributed by atoms with E-state index in [4.69, 9.17) is 0 Å². The zero-order valence-electron chi connectivity index (χ0n) is 15.0. The smallest absolute Gasteiger partial charge is 0.220 e. The number of aliphatic hydroxyl groups excluding tert-OH is 1. The van der Waals surface area contributed by atoms with Crippen molar-refractivity contribution in [2.45, 2.75) is 88.8 Å². The first-order valence-electron chi connectivity index (χ1n) is 10.4. The standard InChI is InChI=1S/C20H34N2O2/c23-19-4-2-1-3-18(19)22-9-7-17(8-10-22)21-20(24)13-16-12-14-5-6-15(16)11-14/h14-19,23H,1-13H2,(H,21,24). The van der Waals surface area contributed by atoms with Gasteiger partial charge in [0.2, 0.25) is 5.91 Å². The van der Waals surface area contributed by atoms with E-state index in [2.05, 4.69) is 10.2 Å². The van der Waals surface area contributed by atoms with Gasteiger partial charge in [0, 0.05) is 31.6 Å². The van der Waals surface area contributed by atoms with Crippen LogP contribution in [-0.2, 0) is 4.79 Å². The number of nitrogens with one attached hydrogen (secondary N) is 1. The molecule has 1 amide bonds. The van der Waals surface area contributed by atoms with E-state index in [9.17, 15) is 9.90 Å². The first-order valence-corrected chi connectivity index (χ1v) is 10.4. The van der Waals surface area contributed by atoms with Gasteiger partial charge in [0.15, 0.2) is 0 Å². The van der Waals surface area contributed by atoms with Crippen LogP contribution >= 0.6 is 0 Å². The molecule has 24 heavy (non-hydrogen) atoms. The van der Waals surface area contributed by atoms with Crippen molar-refractivity contribution in [1.29, 1.82) is 0 Å². The van der Waals surface area contributed by atoms with Crippen molar-refractivity contribution >= 4 is 5.91 Å². The Morgan fingerprint density at radius 1 is 1.00 bits per heavy atom. The third-order valence-corrected chi connectivity index (χ3v) is 7.39. The Morgan fingerprint density at radius 2 is 1.79 bits per heavy atom. The van der Waals surface area contributed by atoms with Crippen molar-refractivity contribution in [2.24, 2.45) is 17.8 Å². The van der Waals surface area contributed by atoms with Gasteiger partial charge in [-0.05, 0) is 62.7 Å². The Balaban J connectivity index is 1.19. The van der Waals surface area contributed by atoms with E-state index in [-0.39, 0.29) is 6.10 Å². The normalized spacial score (nSPS) is 40.8. The van der Waals surface area contributed by atoms with Crippen LogP contribution in [0.3, 0.4) is 0 Å². The second-order valence-corrected chi connectivity index (χ2v) is 8.94. The molecular weight excluding hydrogens is 300 g/mol. The molecule has 3 saturated carbocycles. The van der Waals surface area contributed by atoms with Gasteiger partial charge in [-0.3, -0.25) is 9.69 Å². The van der Waals surface area contributed by atoms with Crippen LogP contribution in [0.4, 0.5) is 0 Å². The number of hydrogen-bond donors (Lipinski definition) is 2. The monoisotopic (exact) mass is 334 g/mol. The molecule has 2 bridgehead atoms. The quantitative estimate of drug-likeness (QED) is 0.831. The molecule has 4 aliphatic rings. The average molecular weight is 335 g/mol. The first kappa shape index (κ1) is 16.8. The van der Waals surface area contributed by atoms with Crippen molar-refractivity contribution in [2.75, 3.05) is 13.1 Å². The molecule has 4 heteroatoms. The minimum Gasteiger partial charge on any atom is -0.391 e. The Labute approximate surface area is 146 Å². The highest BCUT2D eigenvalue weighted by atomic mass is 16.3. The van der Waals surface area contributed by atoms with Gasteiger partial charge in [-0.15, -0.1) is 0 Å².